The molecular weight excluding hydrogens is 146 g/mol. The Labute approximate surface area is 65.6 Å². The van der Waals surface area contributed by atoms with E-state index in [-0.39, 0.29) is 6.42 Å². The minimum atomic E-state index is -0.916. The van der Waals surface area contributed by atoms with E-state index in [9.17, 15) is 9.59 Å². The maximum Gasteiger partial charge on any atom is 0.310 e. The Balaban J connectivity index is 3.44. The highest BCUT2D eigenvalue weighted by atomic mass is 16.5. The average Bonchev–Trinajstić information content (AvgIpc) is 2.03. The number of carbonyl (C=O) groups is 2. The molecule has 0 unspecified atom stereocenters. The van der Waals surface area contributed by atoms with Gasteiger partial charge in [0.15, 0.2) is 0 Å². The van der Waals surface area contributed by atoms with E-state index in [1.54, 1.807) is 0 Å². The van der Waals surface area contributed by atoms with E-state index in [0.29, 0.717) is 6.42 Å². The lowest BCUT2D eigenvalue weighted by atomic mass is 10.1. The van der Waals surface area contributed by atoms with Crippen molar-refractivity contribution < 1.29 is 14.8 Å². The van der Waals surface area contributed by atoms with E-state index in [1.807, 2.05) is 6.92 Å². The van der Waals surface area contributed by atoms with Gasteiger partial charge in [-0.15, -0.1) is 0 Å². The quantitative estimate of drug-likeness (QED) is 0.268. The summed E-state index contributed by atoms with van der Waals surface area (Å²) in [5.74, 6) is -1.47. The molecule has 1 amide bonds. The number of Topliss-reactive ketones (excluding diaryl/α,β-unsaturated/α-hetero) is 1. The predicted octanol–water partition coefficient (Wildman–Crippen LogP) is 0.641. The molecule has 0 spiro atoms. The number of unbranched alkanes of at least 4 members (excludes halogenated alkanes) is 2. The van der Waals surface area contributed by atoms with Crippen LogP contribution in [0.5, 0.6) is 0 Å². The van der Waals surface area contributed by atoms with Crippen molar-refractivity contribution in [3.05, 3.63) is 0 Å². The molecule has 0 aliphatic rings. The number of nitrogens with one attached hydrogen (secondary N) is 1. The second-order valence-corrected chi connectivity index (χ2v) is 2.32. The standard InChI is InChI=1S/C7H13NO3/c1-2-3-4-5-6(9)7(10)8-11/h11H,2-5H2,1H3,(H,8,10). The summed E-state index contributed by atoms with van der Waals surface area (Å²) < 4.78 is 0. The van der Waals surface area contributed by atoms with Crippen LogP contribution in [0.15, 0.2) is 0 Å². The molecule has 4 nitrogen and oxygen atoms in total. The van der Waals surface area contributed by atoms with Crippen LogP contribution in [0.3, 0.4) is 0 Å². The zero-order chi connectivity index (χ0) is 8.69. The smallest absolute Gasteiger partial charge is 0.289 e. The van der Waals surface area contributed by atoms with Crippen molar-refractivity contribution >= 4 is 11.7 Å². The molecular formula is C7H13NO3. The first-order valence-electron chi connectivity index (χ1n) is 3.69. The van der Waals surface area contributed by atoms with E-state index in [0.717, 1.165) is 12.8 Å². The van der Waals surface area contributed by atoms with Gasteiger partial charge in [-0.2, -0.15) is 0 Å². The fourth-order valence-corrected chi connectivity index (χ4v) is 0.711. The fraction of sp³-hybridized carbons (Fsp3) is 0.714. The van der Waals surface area contributed by atoms with Crippen LogP contribution < -0.4 is 5.48 Å². The molecule has 64 valence electrons. The predicted molar refractivity (Wildman–Crippen MR) is 39.1 cm³/mol. The number of ketones is 1. The van der Waals surface area contributed by atoms with Crippen molar-refractivity contribution in [1.82, 2.24) is 5.48 Å². The number of carbonyl (C=O) groups excluding carboxylic acids is 2. The third-order valence-corrected chi connectivity index (χ3v) is 1.36. The van der Waals surface area contributed by atoms with Crippen LogP contribution in [0.2, 0.25) is 0 Å². The molecule has 0 atom stereocenters. The molecule has 0 fully saturated rings. The summed E-state index contributed by atoms with van der Waals surface area (Å²) in [7, 11) is 0. The van der Waals surface area contributed by atoms with Gasteiger partial charge in [0.1, 0.15) is 0 Å². The second-order valence-electron chi connectivity index (χ2n) is 2.32. The van der Waals surface area contributed by atoms with Crippen molar-refractivity contribution in [2.24, 2.45) is 0 Å². The zero-order valence-electron chi connectivity index (χ0n) is 6.59. The molecule has 0 radical (unpaired) electrons. The third kappa shape index (κ3) is 4.50. The van der Waals surface area contributed by atoms with Crippen molar-refractivity contribution in [2.45, 2.75) is 32.6 Å². The molecule has 0 saturated heterocycles. The summed E-state index contributed by atoms with van der Waals surface area (Å²) in [6.07, 6.45) is 2.88. The van der Waals surface area contributed by atoms with Gasteiger partial charge < -0.3 is 0 Å². The molecule has 11 heavy (non-hydrogen) atoms. The lowest BCUT2D eigenvalue weighted by Gasteiger charge is -1.96. The maximum atomic E-state index is 10.7. The first kappa shape index (κ1) is 10.1. The normalized spacial score (nSPS) is 9.27. The Morgan fingerprint density at radius 1 is 1.36 bits per heavy atom. The molecule has 0 heterocycles. The lowest BCUT2D eigenvalue weighted by Crippen LogP contribution is -2.27. The summed E-state index contributed by atoms with van der Waals surface area (Å²) in [6, 6.07) is 0. The first-order valence-corrected chi connectivity index (χ1v) is 3.69. The molecule has 2 N–H and O–H groups in total. The van der Waals surface area contributed by atoms with Gasteiger partial charge in [0.05, 0.1) is 0 Å². The number of hydrogen-bond donors (Lipinski definition) is 2. The van der Waals surface area contributed by atoms with Gasteiger partial charge in [0, 0.05) is 6.42 Å². The van der Waals surface area contributed by atoms with Crippen molar-refractivity contribution in [2.75, 3.05) is 0 Å². The highest BCUT2D eigenvalue weighted by Gasteiger charge is 2.10. The van der Waals surface area contributed by atoms with Gasteiger partial charge in [-0.25, -0.2) is 5.48 Å². The van der Waals surface area contributed by atoms with Crippen molar-refractivity contribution in [3.63, 3.8) is 0 Å². The Kier molecular flexibility index (Phi) is 5.37. The largest absolute Gasteiger partial charge is 0.310 e. The molecule has 0 rings (SSSR count). The number of hydroxylamine groups is 1. The van der Waals surface area contributed by atoms with Gasteiger partial charge in [0.2, 0.25) is 5.78 Å². The van der Waals surface area contributed by atoms with E-state index >= 15 is 0 Å². The summed E-state index contributed by atoms with van der Waals surface area (Å²) in [4.78, 5) is 21.1. The SMILES string of the molecule is CCCCCC(=O)C(=O)NO. The van der Waals surface area contributed by atoms with Gasteiger partial charge in [0.25, 0.3) is 0 Å². The molecule has 0 aliphatic heterocycles. The summed E-state index contributed by atoms with van der Waals surface area (Å²) >= 11 is 0. The van der Waals surface area contributed by atoms with Crippen molar-refractivity contribution in [1.29, 1.82) is 0 Å². The average molecular weight is 159 g/mol. The fourth-order valence-electron chi connectivity index (χ4n) is 0.711. The van der Waals surface area contributed by atoms with E-state index in [1.165, 1.54) is 5.48 Å². The van der Waals surface area contributed by atoms with Gasteiger partial charge in [-0.05, 0) is 6.42 Å². The van der Waals surface area contributed by atoms with Crippen LogP contribution in [-0.4, -0.2) is 16.9 Å². The maximum absolute atomic E-state index is 10.7. The monoisotopic (exact) mass is 159 g/mol. The van der Waals surface area contributed by atoms with E-state index in [4.69, 9.17) is 5.21 Å². The Bertz CT molecular complexity index is 145. The number of hydrogen-bond acceptors (Lipinski definition) is 3. The highest BCUT2D eigenvalue weighted by Crippen LogP contribution is 1.99. The van der Waals surface area contributed by atoms with Gasteiger partial charge >= 0.3 is 5.91 Å². The third-order valence-electron chi connectivity index (χ3n) is 1.36. The molecule has 0 aromatic carbocycles. The van der Waals surface area contributed by atoms with Crippen LogP contribution in [-0.2, 0) is 9.59 Å². The molecule has 0 aromatic heterocycles. The van der Waals surface area contributed by atoms with Crippen LogP contribution in [0.25, 0.3) is 0 Å². The van der Waals surface area contributed by atoms with E-state index < -0.39 is 11.7 Å². The van der Waals surface area contributed by atoms with Crippen LogP contribution in [0.4, 0.5) is 0 Å². The molecule has 0 aromatic rings. The van der Waals surface area contributed by atoms with Crippen LogP contribution >= 0.6 is 0 Å². The Hall–Kier alpha value is -0.900. The van der Waals surface area contributed by atoms with Gasteiger partial charge in [-0.1, -0.05) is 19.8 Å². The molecule has 0 saturated carbocycles. The minimum Gasteiger partial charge on any atom is -0.289 e. The summed E-state index contributed by atoms with van der Waals surface area (Å²) in [6.45, 7) is 2.01. The Morgan fingerprint density at radius 3 is 2.45 bits per heavy atom. The second kappa shape index (κ2) is 5.85. The van der Waals surface area contributed by atoms with Crippen LogP contribution in [0, 0.1) is 0 Å². The molecule has 0 bridgehead atoms. The summed E-state index contributed by atoms with van der Waals surface area (Å²) in [5.41, 5.74) is 1.30. The van der Waals surface area contributed by atoms with E-state index in [2.05, 4.69) is 0 Å². The summed E-state index contributed by atoms with van der Waals surface area (Å²) in [5, 5.41) is 8.04. The van der Waals surface area contributed by atoms with Crippen LogP contribution in [0.1, 0.15) is 32.6 Å². The van der Waals surface area contributed by atoms with Gasteiger partial charge in [-0.3, -0.25) is 14.8 Å². The lowest BCUT2D eigenvalue weighted by molar-refractivity contribution is -0.143. The molecule has 0 aliphatic carbocycles. The number of rotatable bonds is 5. The minimum absolute atomic E-state index is 0.222. The number of amides is 1. The topological polar surface area (TPSA) is 66.4 Å². The van der Waals surface area contributed by atoms with Crippen molar-refractivity contribution in [3.8, 4) is 0 Å². The molecule has 4 heteroatoms. The zero-order valence-corrected chi connectivity index (χ0v) is 6.59. The Morgan fingerprint density at radius 2 is 2.00 bits per heavy atom. The first-order chi connectivity index (χ1) is 5.22. The highest BCUT2D eigenvalue weighted by molar-refractivity contribution is 6.35.